The monoisotopic (exact) mass is 345 g/mol. The second-order valence-electron chi connectivity index (χ2n) is 7.78. The van der Waals surface area contributed by atoms with Crippen LogP contribution < -0.4 is 0 Å². The Bertz CT molecular complexity index is 637. The molecular formula is C19H27N3O3. The van der Waals surface area contributed by atoms with Crippen LogP contribution in [0.1, 0.15) is 44.2 Å². The lowest BCUT2D eigenvalue weighted by Gasteiger charge is -2.48. The molecule has 0 atom stereocenters. The van der Waals surface area contributed by atoms with Gasteiger partial charge >= 0.3 is 5.97 Å². The number of carbonyl (C=O) groups is 2. The minimum Gasteiger partial charge on any atom is -0.481 e. The van der Waals surface area contributed by atoms with Crippen LogP contribution in [-0.4, -0.2) is 59.0 Å². The van der Waals surface area contributed by atoms with Crippen LogP contribution in [0.5, 0.6) is 0 Å². The van der Waals surface area contributed by atoms with E-state index < -0.39 is 5.97 Å². The molecule has 2 aliphatic rings. The summed E-state index contributed by atoms with van der Waals surface area (Å²) < 4.78 is 0. The summed E-state index contributed by atoms with van der Waals surface area (Å²) >= 11 is 0. The maximum atomic E-state index is 12.3. The molecule has 1 N–H and O–H groups in total. The molecule has 1 aromatic heterocycles. The van der Waals surface area contributed by atoms with Gasteiger partial charge in [-0.25, -0.2) is 0 Å². The van der Waals surface area contributed by atoms with E-state index >= 15 is 0 Å². The van der Waals surface area contributed by atoms with Gasteiger partial charge in [0.15, 0.2) is 0 Å². The molecule has 0 bridgehead atoms. The second-order valence-corrected chi connectivity index (χ2v) is 7.78. The van der Waals surface area contributed by atoms with E-state index in [1.165, 1.54) is 0 Å². The number of aromatic nitrogens is 1. The van der Waals surface area contributed by atoms with Gasteiger partial charge in [0, 0.05) is 25.7 Å². The lowest BCUT2D eigenvalue weighted by Crippen LogP contribution is -2.48. The van der Waals surface area contributed by atoms with Gasteiger partial charge in [-0.2, -0.15) is 0 Å². The summed E-state index contributed by atoms with van der Waals surface area (Å²) in [6, 6.07) is 6.06. The van der Waals surface area contributed by atoms with Crippen LogP contribution >= 0.6 is 0 Å². The molecule has 1 spiro atoms. The number of pyridine rings is 1. The Morgan fingerprint density at radius 2 is 2.00 bits per heavy atom. The van der Waals surface area contributed by atoms with Crippen molar-refractivity contribution in [2.75, 3.05) is 27.2 Å². The standard InChI is InChI=1S/C19H27N3O3/c1-21(2)19(15-5-3-4-11-20-15)9-7-18(8-10-19)13-16(23)22(14-18)12-6-17(24)25/h3-5,11H,6-10,12-14H2,1-2H3,(H,24,25). The number of carbonyl (C=O) groups excluding carboxylic acids is 1. The number of rotatable bonds is 5. The number of hydrogen-bond donors (Lipinski definition) is 1. The molecule has 0 radical (unpaired) electrons. The quantitative estimate of drug-likeness (QED) is 0.885. The molecule has 6 heteroatoms. The molecule has 6 nitrogen and oxygen atoms in total. The predicted molar refractivity (Wildman–Crippen MR) is 94.0 cm³/mol. The Balaban J connectivity index is 1.72. The van der Waals surface area contributed by atoms with Crippen molar-refractivity contribution in [3.63, 3.8) is 0 Å². The second kappa shape index (κ2) is 6.75. The van der Waals surface area contributed by atoms with Crippen LogP contribution in [0.3, 0.4) is 0 Å². The fraction of sp³-hybridized carbons (Fsp3) is 0.632. The Morgan fingerprint density at radius 1 is 1.28 bits per heavy atom. The van der Waals surface area contributed by atoms with Crippen LogP contribution in [-0.2, 0) is 15.1 Å². The van der Waals surface area contributed by atoms with E-state index in [4.69, 9.17) is 5.11 Å². The van der Waals surface area contributed by atoms with Gasteiger partial charge < -0.3 is 10.0 Å². The Morgan fingerprint density at radius 3 is 2.56 bits per heavy atom. The van der Waals surface area contributed by atoms with E-state index in [-0.39, 0.29) is 23.3 Å². The SMILES string of the molecule is CN(C)C1(c2ccccn2)CCC2(CC1)CC(=O)N(CCC(=O)O)C2. The van der Waals surface area contributed by atoms with Gasteiger partial charge in [0.25, 0.3) is 0 Å². The average Bonchev–Trinajstić information content (AvgIpc) is 2.90. The van der Waals surface area contributed by atoms with Crippen LogP contribution in [0, 0.1) is 5.41 Å². The van der Waals surface area contributed by atoms with Gasteiger partial charge in [0.05, 0.1) is 17.7 Å². The zero-order valence-corrected chi connectivity index (χ0v) is 15.1. The number of hydrogen-bond acceptors (Lipinski definition) is 4. The van der Waals surface area contributed by atoms with Crippen molar-refractivity contribution >= 4 is 11.9 Å². The van der Waals surface area contributed by atoms with Gasteiger partial charge in [-0.1, -0.05) is 6.07 Å². The Hall–Kier alpha value is -1.95. The summed E-state index contributed by atoms with van der Waals surface area (Å²) in [5.41, 5.74) is 1.02. The van der Waals surface area contributed by atoms with Crippen molar-refractivity contribution in [2.45, 2.75) is 44.1 Å². The van der Waals surface area contributed by atoms with Gasteiger partial charge in [0.1, 0.15) is 0 Å². The molecule has 3 rings (SSSR count). The first-order chi connectivity index (χ1) is 11.9. The molecule has 2 heterocycles. The molecule has 2 fully saturated rings. The Kier molecular flexibility index (Phi) is 4.82. The van der Waals surface area contributed by atoms with E-state index in [1.54, 1.807) is 4.90 Å². The smallest absolute Gasteiger partial charge is 0.305 e. The van der Waals surface area contributed by atoms with Crippen LogP contribution in [0.15, 0.2) is 24.4 Å². The highest BCUT2D eigenvalue weighted by molar-refractivity contribution is 5.80. The van der Waals surface area contributed by atoms with Crippen LogP contribution in [0.25, 0.3) is 0 Å². The molecule has 25 heavy (non-hydrogen) atoms. The molecule has 1 saturated carbocycles. The largest absolute Gasteiger partial charge is 0.481 e. The van der Waals surface area contributed by atoms with Crippen molar-refractivity contribution in [1.29, 1.82) is 0 Å². The third-order valence-electron chi connectivity index (χ3n) is 6.14. The first kappa shape index (κ1) is 17.9. The van der Waals surface area contributed by atoms with E-state index in [0.29, 0.717) is 19.5 Å². The lowest BCUT2D eigenvalue weighted by atomic mass is 9.65. The zero-order chi connectivity index (χ0) is 18.1. The van der Waals surface area contributed by atoms with E-state index in [9.17, 15) is 9.59 Å². The van der Waals surface area contributed by atoms with Crippen molar-refractivity contribution in [3.05, 3.63) is 30.1 Å². The highest BCUT2D eigenvalue weighted by atomic mass is 16.4. The molecule has 1 aromatic rings. The fourth-order valence-corrected chi connectivity index (χ4v) is 4.52. The molecule has 1 saturated heterocycles. The van der Waals surface area contributed by atoms with Gasteiger partial charge in [-0.15, -0.1) is 0 Å². The minimum absolute atomic E-state index is 0.00385. The number of carboxylic acids is 1. The number of nitrogens with zero attached hydrogens (tertiary/aromatic N) is 3. The van der Waals surface area contributed by atoms with Gasteiger partial charge in [0.2, 0.25) is 5.91 Å². The topological polar surface area (TPSA) is 73.7 Å². The predicted octanol–water partition coefficient (Wildman–Crippen LogP) is 2.11. The molecule has 0 unspecified atom stereocenters. The Labute approximate surface area is 148 Å². The van der Waals surface area contributed by atoms with Crippen LogP contribution in [0.2, 0.25) is 0 Å². The third kappa shape index (κ3) is 3.40. The van der Waals surface area contributed by atoms with E-state index in [1.807, 2.05) is 18.3 Å². The van der Waals surface area contributed by atoms with Crippen LogP contribution in [0.4, 0.5) is 0 Å². The molecular weight excluding hydrogens is 318 g/mol. The molecule has 1 aliphatic heterocycles. The maximum absolute atomic E-state index is 12.3. The number of likely N-dealkylation sites (tertiary alicyclic amines) is 1. The summed E-state index contributed by atoms with van der Waals surface area (Å²) in [4.78, 5) is 31.8. The fourth-order valence-electron chi connectivity index (χ4n) is 4.52. The highest BCUT2D eigenvalue weighted by Gasteiger charge is 2.50. The summed E-state index contributed by atoms with van der Waals surface area (Å²) in [5.74, 6) is -0.740. The van der Waals surface area contributed by atoms with Crippen molar-refractivity contribution in [3.8, 4) is 0 Å². The maximum Gasteiger partial charge on any atom is 0.305 e. The first-order valence-corrected chi connectivity index (χ1v) is 8.95. The van der Waals surface area contributed by atoms with Crippen molar-refractivity contribution < 1.29 is 14.7 Å². The van der Waals surface area contributed by atoms with Crippen molar-refractivity contribution in [1.82, 2.24) is 14.8 Å². The summed E-state index contributed by atoms with van der Waals surface area (Å²) in [7, 11) is 4.21. The molecule has 0 aromatic carbocycles. The zero-order valence-electron chi connectivity index (χ0n) is 15.1. The van der Waals surface area contributed by atoms with Gasteiger partial charge in [-0.05, 0) is 57.3 Å². The minimum atomic E-state index is -0.848. The molecule has 1 amide bonds. The van der Waals surface area contributed by atoms with E-state index in [2.05, 4.69) is 30.0 Å². The first-order valence-electron chi connectivity index (χ1n) is 8.95. The lowest BCUT2D eigenvalue weighted by molar-refractivity contribution is -0.137. The normalized spacial score (nSPS) is 29.6. The number of amides is 1. The number of carboxylic acid groups (broad SMARTS) is 1. The summed E-state index contributed by atoms with van der Waals surface area (Å²) in [5, 5.41) is 8.87. The third-order valence-corrected chi connectivity index (χ3v) is 6.14. The number of aliphatic carboxylic acids is 1. The van der Waals surface area contributed by atoms with Gasteiger partial charge in [-0.3, -0.25) is 19.5 Å². The average molecular weight is 345 g/mol. The summed E-state index contributed by atoms with van der Waals surface area (Å²) in [6.07, 6.45) is 6.30. The molecule has 1 aliphatic carbocycles. The van der Waals surface area contributed by atoms with E-state index in [0.717, 1.165) is 31.4 Å². The molecule has 136 valence electrons. The summed E-state index contributed by atoms with van der Waals surface area (Å²) in [6.45, 7) is 1.03. The highest BCUT2D eigenvalue weighted by Crippen LogP contribution is 2.51. The van der Waals surface area contributed by atoms with Crippen molar-refractivity contribution in [2.24, 2.45) is 5.41 Å².